The zero-order valence-electron chi connectivity index (χ0n) is 13.6. The third kappa shape index (κ3) is 5.02. The smallest absolute Gasteiger partial charge is 0.329 e. The molecule has 0 aliphatic carbocycles. The molecule has 0 fully saturated rings. The molecular formula is C15H30N2O3. The van der Waals surface area contributed by atoms with Gasteiger partial charge in [0, 0.05) is 19.6 Å². The van der Waals surface area contributed by atoms with Crippen molar-refractivity contribution in [1.82, 2.24) is 9.80 Å². The van der Waals surface area contributed by atoms with E-state index in [1.54, 1.807) is 18.7 Å². The van der Waals surface area contributed by atoms with Gasteiger partial charge in [-0.1, -0.05) is 26.7 Å². The highest BCUT2D eigenvalue weighted by Gasteiger charge is 2.38. The number of likely N-dealkylation sites (N-methyl/N-ethyl adjacent to an activating group) is 1. The van der Waals surface area contributed by atoms with Gasteiger partial charge in [-0.2, -0.15) is 0 Å². The first-order chi connectivity index (χ1) is 9.32. The Morgan fingerprint density at radius 2 is 1.45 bits per heavy atom. The topological polar surface area (TPSA) is 60.9 Å². The number of carbonyl (C=O) groups excluding carboxylic acids is 1. The predicted molar refractivity (Wildman–Crippen MR) is 80.9 cm³/mol. The van der Waals surface area contributed by atoms with E-state index in [2.05, 4.69) is 13.8 Å². The quantitative estimate of drug-likeness (QED) is 0.708. The summed E-state index contributed by atoms with van der Waals surface area (Å²) in [6.45, 7) is 10.9. The molecule has 5 heteroatoms. The summed E-state index contributed by atoms with van der Waals surface area (Å²) in [5.41, 5.74) is -1.18. The lowest BCUT2D eigenvalue weighted by Crippen LogP contribution is -2.57. The highest BCUT2D eigenvalue weighted by Crippen LogP contribution is 2.17. The van der Waals surface area contributed by atoms with Crippen molar-refractivity contribution in [2.45, 2.75) is 65.8 Å². The van der Waals surface area contributed by atoms with E-state index in [1.807, 2.05) is 6.92 Å². The lowest BCUT2D eigenvalue weighted by molar-refractivity contribution is -0.147. The van der Waals surface area contributed by atoms with Crippen LogP contribution >= 0.6 is 0 Å². The first-order valence-corrected chi connectivity index (χ1v) is 7.62. The fraction of sp³-hybridized carbons (Fsp3) is 0.867. The van der Waals surface area contributed by atoms with E-state index in [0.717, 1.165) is 25.7 Å². The van der Waals surface area contributed by atoms with Gasteiger partial charge in [-0.3, -0.25) is 0 Å². The van der Waals surface area contributed by atoms with Crippen molar-refractivity contribution in [1.29, 1.82) is 0 Å². The van der Waals surface area contributed by atoms with Crippen LogP contribution in [0.1, 0.15) is 60.3 Å². The van der Waals surface area contributed by atoms with Gasteiger partial charge in [0.1, 0.15) is 5.54 Å². The number of hydrogen-bond donors (Lipinski definition) is 1. The summed E-state index contributed by atoms with van der Waals surface area (Å²) in [7, 11) is 0. The van der Waals surface area contributed by atoms with Crippen molar-refractivity contribution in [2.24, 2.45) is 0 Å². The molecular weight excluding hydrogens is 256 g/mol. The number of urea groups is 1. The number of rotatable bonds is 9. The summed E-state index contributed by atoms with van der Waals surface area (Å²) in [5.74, 6) is -0.973. The second-order valence-electron chi connectivity index (χ2n) is 5.59. The molecule has 0 heterocycles. The molecule has 0 aliphatic rings. The Morgan fingerprint density at radius 3 is 1.75 bits per heavy atom. The average Bonchev–Trinajstić information content (AvgIpc) is 2.39. The van der Waals surface area contributed by atoms with Crippen LogP contribution in [0.4, 0.5) is 4.79 Å². The monoisotopic (exact) mass is 286 g/mol. The number of unbranched alkanes of at least 4 members (excludes halogenated alkanes) is 2. The van der Waals surface area contributed by atoms with Crippen molar-refractivity contribution in [3.05, 3.63) is 0 Å². The number of carboxylic acid groups (broad SMARTS) is 1. The van der Waals surface area contributed by atoms with Gasteiger partial charge in [0.2, 0.25) is 0 Å². The Kier molecular flexibility index (Phi) is 8.26. The molecule has 1 N–H and O–H groups in total. The van der Waals surface area contributed by atoms with Gasteiger partial charge >= 0.3 is 12.0 Å². The van der Waals surface area contributed by atoms with Crippen LogP contribution in [0.5, 0.6) is 0 Å². The molecule has 0 aromatic rings. The summed E-state index contributed by atoms with van der Waals surface area (Å²) < 4.78 is 0. The largest absolute Gasteiger partial charge is 0.480 e. The van der Waals surface area contributed by atoms with Crippen LogP contribution in [-0.4, -0.2) is 52.1 Å². The number of carbonyl (C=O) groups is 2. The summed E-state index contributed by atoms with van der Waals surface area (Å²) >= 11 is 0. The normalized spacial score (nSPS) is 11.2. The minimum absolute atomic E-state index is 0.165. The number of amides is 2. The van der Waals surface area contributed by atoms with Crippen LogP contribution in [0.2, 0.25) is 0 Å². The maximum Gasteiger partial charge on any atom is 0.329 e. The van der Waals surface area contributed by atoms with E-state index in [4.69, 9.17) is 0 Å². The Bertz CT molecular complexity index is 308. The second kappa shape index (κ2) is 8.82. The molecule has 0 aromatic carbocycles. The summed E-state index contributed by atoms with van der Waals surface area (Å²) in [6, 6.07) is -0.165. The highest BCUT2D eigenvalue weighted by molar-refractivity contribution is 5.85. The van der Waals surface area contributed by atoms with E-state index in [1.165, 1.54) is 4.90 Å². The minimum atomic E-state index is -1.18. The Hall–Kier alpha value is -1.26. The van der Waals surface area contributed by atoms with Crippen molar-refractivity contribution >= 4 is 12.0 Å². The molecule has 0 saturated heterocycles. The van der Waals surface area contributed by atoms with E-state index in [0.29, 0.717) is 19.6 Å². The van der Waals surface area contributed by atoms with Crippen molar-refractivity contribution in [3.63, 3.8) is 0 Å². The van der Waals surface area contributed by atoms with Gasteiger partial charge in [0.05, 0.1) is 0 Å². The van der Waals surface area contributed by atoms with Crippen LogP contribution in [0, 0.1) is 0 Å². The van der Waals surface area contributed by atoms with Crippen molar-refractivity contribution < 1.29 is 14.7 Å². The lowest BCUT2D eigenvalue weighted by Gasteiger charge is -2.38. The maximum absolute atomic E-state index is 12.6. The van der Waals surface area contributed by atoms with Crippen LogP contribution in [0.15, 0.2) is 0 Å². The Balaban J connectivity index is 5.02. The van der Waals surface area contributed by atoms with Crippen LogP contribution in [-0.2, 0) is 4.79 Å². The first kappa shape index (κ1) is 18.7. The zero-order chi connectivity index (χ0) is 15.8. The van der Waals surface area contributed by atoms with Crippen LogP contribution in [0.25, 0.3) is 0 Å². The Morgan fingerprint density at radius 1 is 1.00 bits per heavy atom. The molecule has 0 radical (unpaired) electrons. The van der Waals surface area contributed by atoms with Gasteiger partial charge in [-0.15, -0.1) is 0 Å². The van der Waals surface area contributed by atoms with Gasteiger partial charge < -0.3 is 14.9 Å². The lowest BCUT2D eigenvalue weighted by atomic mass is 10.0. The molecule has 20 heavy (non-hydrogen) atoms. The molecule has 0 unspecified atom stereocenters. The number of aliphatic carboxylic acids is 1. The fourth-order valence-corrected chi connectivity index (χ4v) is 2.06. The third-order valence-corrected chi connectivity index (χ3v) is 3.58. The molecule has 0 aromatic heterocycles. The molecule has 0 aliphatic heterocycles. The van der Waals surface area contributed by atoms with E-state index in [-0.39, 0.29) is 6.03 Å². The molecule has 5 nitrogen and oxygen atoms in total. The van der Waals surface area contributed by atoms with Crippen LogP contribution in [0.3, 0.4) is 0 Å². The standard InChI is InChI=1S/C15H30N2O3/c1-6-9-11-16(12-10-7-2)14(20)17(8-3)15(4,5)13(18)19/h6-12H2,1-5H3,(H,18,19). The number of hydrogen-bond acceptors (Lipinski definition) is 2. The number of carboxylic acids is 1. The van der Waals surface area contributed by atoms with Gasteiger partial charge in [-0.25, -0.2) is 9.59 Å². The summed E-state index contributed by atoms with van der Waals surface area (Å²) in [6.07, 6.45) is 3.93. The van der Waals surface area contributed by atoms with Crippen molar-refractivity contribution in [3.8, 4) is 0 Å². The summed E-state index contributed by atoms with van der Waals surface area (Å²) in [4.78, 5) is 27.2. The van der Waals surface area contributed by atoms with Gasteiger partial charge in [0.15, 0.2) is 0 Å². The fourth-order valence-electron chi connectivity index (χ4n) is 2.06. The molecule has 118 valence electrons. The molecule has 0 spiro atoms. The SMILES string of the molecule is CCCCN(CCCC)C(=O)N(CC)C(C)(C)C(=O)O. The Labute approximate surface area is 122 Å². The highest BCUT2D eigenvalue weighted by atomic mass is 16.4. The van der Waals surface area contributed by atoms with Crippen molar-refractivity contribution in [2.75, 3.05) is 19.6 Å². The molecule has 0 atom stereocenters. The molecule has 0 saturated carbocycles. The number of nitrogens with zero attached hydrogens (tertiary/aromatic N) is 2. The van der Waals surface area contributed by atoms with E-state index in [9.17, 15) is 14.7 Å². The van der Waals surface area contributed by atoms with E-state index < -0.39 is 11.5 Å². The van der Waals surface area contributed by atoms with Gasteiger partial charge in [-0.05, 0) is 33.6 Å². The first-order valence-electron chi connectivity index (χ1n) is 7.62. The predicted octanol–water partition coefficient (Wildman–Crippen LogP) is 3.19. The molecule has 2 amide bonds. The summed E-state index contributed by atoms with van der Waals surface area (Å²) in [5, 5.41) is 9.31. The minimum Gasteiger partial charge on any atom is -0.480 e. The van der Waals surface area contributed by atoms with E-state index >= 15 is 0 Å². The molecule has 0 bridgehead atoms. The van der Waals surface area contributed by atoms with Crippen LogP contribution < -0.4 is 0 Å². The zero-order valence-corrected chi connectivity index (χ0v) is 13.6. The second-order valence-corrected chi connectivity index (χ2v) is 5.59. The molecule has 0 rings (SSSR count). The maximum atomic E-state index is 12.6. The third-order valence-electron chi connectivity index (χ3n) is 3.58. The van der Waals surface area contributed by atoms with Gasteiger partial charge in [0.25, 0.3) is 0 Å². The average molecular weight is 286 g/mol.